The van der Waals surface area contributed by atoms with Gasteiger partial charge in [-0.15, -0.1) is 10.2 Å². The summed E-state index contributed by atoms with van der Waals surface area (Å²) in [4.78, 5) is 0. The molecule has 1 N–H and O–H groups in total. The van der Waals surface area contributed by atoms with E-state index in [0.29, 0.717) is 6.04 Å². The van der Waals surface area contributed by atoms with Gasteiger partial charge in [-0.3, -0.25) is 0 Å². The molecule has 4 nitrogen and oxygen atoms in total. The van der Waals surface area contributed by atoms with Gasteiger partial charge >= 0.3 is 0 Å². The summed E-state index contributed by atoms with van der Waals surface area (Å²) in [6, 6.07) is 0.437. The number of aryl methyl sites for hydroxylation is 1. The van der Waals surface area contributed by atoms with Crippen molar-refractivity contribution >= 4 is 0 Å². The van der Waals surface area contributed by atoms with E-state index in [2.05, 4.69) is 27.0 Å². The second-order valence-electron chi connectivity index (χ2n) is 3.12. The third kappa shape index (κ3) is 1.22. The van der Waals surface area contributed by atoms with E-state index in [1.165, 1.54) is 12.8 Å². The highest BCUT2D eigenvalue weighted by atomic mass is 15.3. The van der Waals surface area contributed by atoms with Crippen LogP contribution in [0.25, 0.3) is 0 Å². The Morgan fingerprint density at radius 1 is 1.75 bits per heavy atom. The molecule has 1 aromatic rings. The molecule has 1 aliphatic rings. The van der Waals surface area contributed by atoms with Crippen molar-refractivity contribution in [1.29, 1.82) is 0 Å². The van der Waals surface area contributed by atoms with Crippen LogP contribution in [0.5, 0.6) is 0 Å². The lowest BCUT2D eigenvalue weighted by molar-refractivity contribution is 0.557. The highest BCUT2D eigenvalue weighted by molar-refractivity contribution is 4.97. The second kappa shape index (κ2) is 3.23. The molecule has 66 valence electrons. The second-order valence-corrected chi connectivity index (χ2v) is 3.12. The van der Waals surface area contributed by atoms with Crippen LogP contribution >= 0.6 is 0 Å². The van der Waals surface area contributed by atoms with E-state index in [4.69, 9.17) is 0 Å². The summed E-state index contributed by atoms with van der Waals surface area (Å²) in [6.07, 6.45) is 4.25. The minimum atomic E-state index is 0.437. The van der Waals surface area contributed by atoms with Crippen molar-refractivity contribution in [3.05, 3.63) is 12.2 Å². The van der Waals surface area contributed by atoms with Gasteiger partial charge in [0.2, 0.25) is 0 Å². The predicted octanol–water partition coefficient (Wildman–Crippen LogP) is 0.722. The molecule has 0 aliphatic carbocycles. The zero-order valence-corrected chi connectivity index (χ0v) is 7.32. The Kier molecular flexibility index (Phi) is 2.08. The van der Waals surface area contributed by atoms with Crippen LogP contribution in [0.15, 0.2) is 6.33 Å². The van der Waals surface area contributed by atoms with Gasteiger partial charge in [0, 0.05) is 6.54 Å². The van der Waals surface area contributed by atoms with Gasteiger partial charge in [0.25, 0.3) is 0 Å². The molecule has 0 amide bonds. The van der Waals surface area contributed by atoms with Crippen molar-refractivity contribution in [2.75, 3.05) is 6.54 Å². The fourth-order valence-corrected chi connectivity index (χ4v) is 1.68. The van der Waals surface area contributed by atoms with E-state index in [1.807, 2.05) is 0 Å². The van der Waals surface area contributed by atoms with E-state index in [9.17, 15) is 0 Å². The first-order valence-electron chi connectivity index (χ1n) is 4.53. The van der Waals surface area contributed by atoms with Gasteiger partial charge < -0.3 is 9.88 Å². The molecule has 1 atom stereocenters. The summed E-state index contributed by atoms with van der Waals surface area (Å²) in [5.41, 5.74) is 0. The van der Waals surface area contributed by atoms with Crippen LogP contribution in [0, 0.1) is 0 Å². The minimum absolute atomic E-state index is 0.437. The fourth-order valence-electron chi connectivity index (χ4n) is 1.68. The maximum atomic E-state index is 4.12. The SMILES string of the molecule is CCn1cnnc1C1CCCN1. The Labute approximate surface area is 72.0 Å². The molecular formula is C8H14N4. The van der Waals surface area contributed by atoms with E-state index >= 15 is 0 Å². The number of hydrogen-bond acceptors (Lipinski definition) is 3. The molecule has 1 aliphatic heterocycles. The molecule has 12 heavy (non-hydrogen) atoms. The van der Waals surface area contributed by atoms with E-state index in [1.54, 1.807) is 6.33 Å². The topological polar surface area (TPSA) is 42.7 Å². The Bertz CT molecular complexity index is 249. The molecule has 0 aromatic carbocycles. The van der Waals surface area contributed by atoms with Crippen LogP contribution in [-0.4, -0.2) is 21.3 Å². The lowest BCUT2D eigenvalue weighted by atomic mass is 10.2. The molecule has 0 bridgehead atoms. The zero-order chi connectivity index (χ0) is 8.39. The highest BCUT2D eigenvalue weighted by Gasteiger charge is 2.20. The first-order valence-corrected chi connectivity index (χ1v) is 4.53. The summed E-state index contributed by atoms with van der Waals surface area (Å²) in [5, 5.41) is 11.4. The van der Waals surface area contributed by atoms with Crippen molar-refractivity contribution < 1.29 is 0 Å². The Hall–Kier alpha value is -0.900. The van der Waals surface area contributed by atoms with Gasteiger partial charge in [-0.25, -0.2) is 0 Å². The summed E-state index contributed by atoms with van der Waals surface area (Å²) in [7, 11) is 0. The maximum absolute atomic E-state index is 4.12. The average Bonchev–Trinajstić information content (AvgIpc) is 2.74. The third-order valence-corrected chi connectivity index (χ3v) is 2.36. The van der Waals surface area contributed by atoms with E-state index < -0.39 is 0 Å². The van der Waals surface area contributed by atoms with Crippen LogP contribution < -0.4 is 5.32 Å². The molecule has 1 unspecified atom stereocenters. The van der Waals surface area contributed by atoms with E-state index in [-0.39, 0.29) is 0 Å². The van der Waals surface area contributed by atoms with Crippen LogP contribution in [0.1, 0.15) is 31.6 Å². The third-order valence-electron chi connectivity index (χ3n) is 2.36. The lowest BCUT2D eigenvalue weighted by Crippen LogP contribution is -2.17. The molecule has 1 aromatic heterocycles. The lowest BCUT2D eigenvalue weighted by Gasteiger charge is -2.09. The van der Waals surface area contributed by atoms with Gasteiger partial charge in [0.05, 0.1) is 6.04 Å². The van der Waals surface area contributed by atoms with Crippen molar-refractivity contribution in [3.8, 4) is 0 Å². The van der Waals surface area contributed by atoms with Crippen molar-refractivity contribution in [2.45, 2.75) is 32.4 Å². The standard InChI is InChI=1S/C8H14N4/c1-2-12-6-10-11-8(12)7-4-3-5-9-7/h6-7,9H,2-5H2,1H3. The zero-order valence-electron chi connectivity index (χ0n) is 7.32. The molecule has 1 saturated heterocycles. The van der Waals surface area contributed by atoms with Gasteiger partial charge in [0.1, 0.15) is 12.2 Å². The van der Waals surface area contributed by atoms with Crippen LogP contribution in [0.2, 0.25) is 0 Å². The van der Waals surface area contributed by atoms with Gasteiger partial charge in [-0.05, 0) is 26.3 Å². The number of hydrogen-bond donors (Lipinski definition) is 1. The molecule has 2 rings (SSSR count). The number of rotatable bonds is 2. The molecule has 2 heterocycles. The quantitative estimate of drug-likeness (QED) is 0.704. The first kappa shape index (κ1) is 7.73. The Morgan fingerprint density at radius 2 is 2.67 bits per heavy atom. The summed E-state index contributed by atoms with van der Waals surface area (Å²) in [6.45, 7) is 4.18. The monoisotopic (exact) mass is 166 g/mol. The van der Waals surface area contributed by atoms with E-state index in [0.717, 1.165) is 18.9 Å². The molecular weight excluding hydrogens is 152 g/mol. The number of nitrogens with zero attached hydrogens (tertiary/aromatic N) is 3. The molecule has 4 heteroatoms. The van der Waals surface area contributed by atoms with Crippen LogP contribution in [0.3, 0.4) is 0 Å². The first-order chi connectivity index (χ1) is 5.92. The summed E-state index contributed by atoms with van der Waals surface area (Å²) < 4.78 is 2.10. The summed E-state index contributed by atoms with van der Waals surface area (Å²) >= 11 is 0. The normalized spacial score (nSPS) is 23.2. The molecule has 1 fully saturated rings. The molecule has 0 radical (unpaired) electrons. The van der Waals surface area contributed by atoms with Crippen molar-refractivity contribution in [1.82, 2.24) is 20.1 Å². The average molecular weight is 166 g/mol. The fraction of sp³-hybridized carbons (Fsp3) is 0.750. The van der Waals surface area contributed by atoms with Gasteiger partial charge in [-0.2, -0.15) is 0 Å². The van der Waals surface area contributed by atoms with Crippen LogP contribution in [0.4, 0.5) is 0 Å². The largest absolute Gasteiger partial charge is 0.317 e. The van der Waals surface area contributed by atoms with Gasteiger partial charge in [-0.1, -0.05) is 0 Å². The Balaban J connectivity index is 2.19. The number of aromatic nitrogens is 3. The van der Waals surface area contributed by atoms with Crippen LogP contribution in [-0.2, 0) is 6.54 Å². The highest BCUT2D eigenvalue weighted by Crippen LogP contribution is 2.20. The van der Waals surface area contributed by atoms with Crippen molar-refractivity contribution in [2.24, 2.45) is 0 Å². The van der Waals surface area contributed by atoms with Crippen molar-refractivity contribution in [3.63, 3.8) is 0 Å². The Morgan fingerprint density at radius 3 is 3.33 bits per heavy atom. The van der Waals surface area contributed by atoms with Gasteiger partial charge in [0.15, 0.2) is 0 Å². The predicted molar refractivity (Wildman–Crippen MR) is 45.7 cm³/mol. The summed E-state index contributed by atoms with van der Waals surface area (Å²) in [5.74, 6) is 1.09. The number of nitrogens with one attached hydrogen (secondary N) is 1. The maximum Gasteiger partial charge on any atom is 0.149 e. The smallest absolute Gasteiger partial charge is 0.149 e. The minimum Gasteiger partial charge on any atom is -0.317 e. The molecule has 0 saturated carbocycles. The molecule has 0 spiro atoms.